The number of amides is 1. The third-order valence-electron chi connectivity index (χ3n) is 4.48. The molecule has 0 fully saturated rings. The quantitative estimate of drug-likeness (QED) is 0.544. The lowest BCUT2D eigenvalue weighted by Gasteiger charge is -2.20. The fourth-order valence-electron chi connectivity index (χ4n) is 2.88. The van der Waals surface area contributed by atoms with Gasteiger partial charge in [-0.1, -0.05) is 44.2 Å². The van der Waals surface area contributed by atoms with Crippen molar-refractivity contribution in [1.29, 1.82) is 0 Å². The second-order valence-electron chi connectivity index (χ2n) is 7.05. The van der Waals surface area contributed by atoms with E-state index in [9.17, 15) is 14.4 Å². The third kappa shape index (κ3) is 5.34. The van der Waals surface area contributed by atoms with E-state index in [1.54, 1.807) is 32.0 Å². The Morgan fingerprint density at radius 3 is 2.48 bits per heavy atom. The first-order valence-electron chi connectivity index (χ1n) is 9.37. The SMILES string of the molecule is CC(C)[C@H](NC(=O)Cc1ccccc1)C(=O)OCC(=O)c1ccc2c(c1)OCO2. The third-order valence-corrected chi connectivity index (χ3v) is 4.48. The molecule has 0 saturated carbocycles. The molecule has 1 N–H and O–H groups in total. The fourth-order valence-corrected chi connectivity index (χ4v) is 2.88. The largest absolute Gasteiger partial charge is 0.456 e. The summed E-state index contributed by atoms with van der Waals surface area (Å²) in [5.41, 5.74) is 1.20. The van der Waals surface area contributed by atoms with Crippen LogP contribution in [-0.4, -0.2) is 37.1 Å². The maximum Gasteiger partial charge on any atom is 0.329 e. The van der Waals surface area contributed by atoms with Crippen molar-refractivity contribution in [3.63, 3.8) is 0 Å². The minimum Gasteiger partial charge on any atom is -0.456 e. The van der Waals surface area contributed by atoms with Gasteiger partial charge in [-0.3, -0.25) is 9.59 Å². The zero-order chi connectivity index (χ0) is 20.8. The number of hydrogen-bond donors (Lipinski definition) is 1. The van der Waals surface area contributed by atoms with Gasteiger partial charge in [0.2, 0.25) is 12.7 Å². The summed E-state index contributed by atoms with van der Waals surface area (Å²) < 4.78 is 15.6. The molecule has 0 aromatic heterocycles. The molecule has 1 aliphatic heterocycles. The Kier molecular flexibility index (Phi) is 6.49. The molecule has 0 unspecified atom stereocenters. The lowest BCUT2D eigenvalue weighted by molar-refractivity contribution is -0.148. The molecule has 0 spiro atoms. The highest BCUT2D eigenvalue weighted by molar-refractivity contribution is 5.99. The summed E-state index contributed by atoms with van der Waals surface area (Å²) in [4.78, 5) is 37.1. The van der Waals surface area contributed by atoms with Gasteiger partial charge < -0.3 is 19.5 Å². The Morgan fingerprint density at radius 2 is 1.76 bits per heavy atom. The van der Waals surface area contributed by atoms with E-state index in [0.29, 0.717) is 17.1 Å². The van der Waals surface area contributed by atoms with Crippen LogP contribution in [0, 0.1) is 5.92 Å². The van der Waals surface area contributed by atoms with Crippen molar-refractivity contribution in [3.05, 3.63) is 59.7 Å². The highest BCUT2D eigenvalue weighted by Crippen LogP contribution is 2.32. The number of fused-ring (bicyclic) bond motifs is 1. The number of carbonyl (C=O) groups is 3. The molecule has 3 rings (SSSR count). The standard InChI is InChI=1S/C22H23NO6/c1-14(2)21(23-20(25)10-15-6-4-3-5-7-15)22(26)27-12-17(24)16-8-9-18-19(11-16)29-13-28-18/h3-9,11,14,21H,10,12-13H2,1-2H3,(H,23,25)/t21-/m0/s1. The molecule has 7 heteroatoms. The minimum absolute atomic E-state index is 0.112. The first-order chi connectivity index (χ1) is 13.9. The van der Waals surface area contributed by atoms with Gasteiger partial charge in [0.1, 0.15) is 6.04 Å². The fraction of sp³-hybridized carbons (Fsp3) is 0.318. The number of ether oxygens (including phenoxy) is 3. The highest BCUT2D eigenvalue weighted by Gasteiger charge is 2.26. The Bertz CT molecular complexity index is 893. The van der Waals surface area contributed by atoms with Crippen LogP contribution in [0.25, 0.3) is 0 Å². The van der Waals surface area contributed by atoms with Gasteiger partial charge in [-0.2, -0.15) is 0 Å². The van der Waals surface area contributed by atoms with Crippen LogP contribution in [0.4, 0.5) is 0 Å². The molecule has 152 valence electrons. The monoisotopic (exact) mass is 397 g/mol. The van der Waals surface area contributed by atoms with E-state index in [4.69, 9.17) is 14.2 Å². The topological polar surface area (TPSA) is 90.9 Å². The summed E-state index contributed by atoms with van der Waals surface area (Å²) in [5.74, 6) is -0.433. The maximum atomic E-state index is 12.5. The number of benzene rings is 2. The van der Waals surface area contributed by atoms with Crippen molar-refractivity contribution in [1.82, 2.24) is 5.32 Å². The lowest BCUT2D eigenvalue weighted by Crippen LogP contribution is -2.46. The predicted octanol–water partition coefficient (Wildman–Crippen LogP) is 2.52. The van der Waals surface area contributed by atoms with Crippen LogP contribution in [0.5, 0.6) is 11.5 Å². The normalized spacial score (nSPS) is 13.1. The zero-order valence-electron chi connectivity index (χ0n) is 16.3. The van der Waals surface area contributed by atoms with Crippen LogP contribution in [0.2, 0.25) is 0 Å². The van der Waals surface area contributed by atoms with E-state index < -0.39 is 18.6 Å². The summed E-state index contributed by atoms with van der Waals surface area (Å²) in [6.07, 6.45) is 0.160. The summed E-state index contributed by atoms with van der Waals surface area (Å²) >= 11 is 0. The van der Waals surface area contributed by atoms with Crippen molar-refractivity contribution in [2.45, 2.75) is 26.3 Å². The molecule has 2 aromatic rings. The molecule has 7 nitrogen and oxygen atoms in total. The Morgan fingerprint density at radius 1 is 1.03 bits per heavy atom. The molecular weight excluding hydrogens is 374 g/mol. The van der Waals surface area contributed by atoms with Crippen molar-refractivity contribution in [2.24, 2.45) is 5.92 Å². The van der Waals surface area contributed by atoms with Crippen molar-refractivity contribution in [2.75, 3.05) is 13.4 Å². The van der Waals surface area contributed by atoms with Gasteiger partial charge in [0.05, 0.1) is 6.42 Å². The summed E-state index contributed by atoms with van der Waals surface area (Å²) in [6.45, 7) is 3.29. The van der Waals surface area contributed by atoms with Crippen LogP contribution in [0.1, 0.15) is 29.8 Å². The van der Waals surface area contributed by atoms with Crippen LogP contribution < -0.4 is 14.8 Å². The predicted molar refractivity (Wildman–Crippen MR) is 105 cm³/mol. The highest BCUT2D eigenvalue weighted by atomic mass is 16.7. The van der Waals surface area contributed by atoms with E-state index in [2.05, 4.69) is 5.32 Å². The van der Waals surface area contributed by atoms with E-state index >= 15 is 0 Å². The van der Waals surface area contributed by atoms with Crippen molar-refractivity contribution >= 4 is 17.7 Å². The van der Waals surface area contributed by atoms with Crippen molar-refractivity contribution < 1.29 is 28.6 Å². The minimum atomic E-state index is -0.837. The second-order valence-corrected chi connectivity index (χ2v) is 7.05. The Hall–Kier alpha value is -3.35. The second kappa shape index (κ2) is 9.23. The smallest absolute Gasteiger partial charge is 0.329 e. The van der Waals surface area contributed by atoms with Crippen LogP contribution in [0.3, 0.4) is 0 Å². The molecule has 1 atom stereocenters. The Balaban J connectivity index is 1.55. The van der Waals surface area contributed by atoms with Gasteiger partial charge in [-0.25, -0.2) is 4.79 Å². The van der Waals surface area contributed by atoms with E-state index in [1.165, 1.54) is 0 Å². The molecule has 0 bridgehead atoms. The summed E-state index contributed by atoms with van der Waals surface area (Å²) in [7, 11) is 0. The molecule has 0 radical (unpaired) electrons. The van der Waals surface area contributed by atoms with Gasteiger partial charge in [-0.05, 0) is 29.7 Å². The number of hydrogen-bond acceptors (Lipinski definition) is 6. The number of ketones is 1. The van der Waals surface area contributed by atoms with E-state index in [1.807, 2.05) is 30.3 Å². The van der Waals surface area contributed by atoms with E-state index in [0.717, 1.165) is 5.56 Å². The van der Waals surface area contributed by atoms with E-state index in [-0.39, 0.29) is 30.8 Å². The van der Waals surface area contributed by atoms with Gasteiger partial charge >= 0.3 is 5.97 Å². The molecule has 0 aliphatic carbocycles. The van der Waals surface area contributed by atoms with Crippen LogP contribution >= 0.6 is 0 Å². The van der Waals surface area contributed by atoms with Crippen LogP contribution in [-0.2, 0) is 20.7 Å². The maximum absolute atomic E-state index is 12.5. The zero-order valence-corrected chi connectivity index (χ0v) is 16.3. The summed E-state index contributed by atoms with van der Waals surface area (Å²) in [5, 5.41) is 2.70. The van der Waals surface area contributed by atoms with Gasteiger partial charge in [-0.15, -0.1) is 0 Å². The average Bonchev–Trinajstić information content (AvgIpc) is 3.18. The molecule has 1 aliphatic rings. The molecule has 29 heavy (non-hydrogen) atoms. The number of Topliss-reactive ketones (excluding diaryl/α,β-unsaturated/α-hetero) is 1. The molecule has 1 heterocycles. The molecular formula is C22H23NO6. The van der Waals surface area contributed by atoms with Gasteiger partial charge in [0, 0.05) is 5.56 Å². The average molecular weight is 397 g/mol. The lowest BCUT2D eigenvalue weighted by atomic mass is 10.0. The number of esters is 1. The molecule has 1 amide bonds. The van der Waals surface area contributed by atoms with Crippen LogP contribution in [0.15, 0.2) is 48.5 Å². The molecule has 0 saturated heterocycles. The van der Waals surface area contributed by atoms with Gasteiger partial charge in [0.15, 0.2) is 23.9 Å². The first kappa shape index (κ1) is 20.4. The van der Waals surface area contributed by atoms with Crippen molar-refractivity contribution in [3.8, 4) is 11.5 Å². The Labute approximate surface area is 169 Å². The summed E-state index contributed by atoms with van der Waals surface area (Å²) in [6, 6.07) is 13.2. The van der Waals surface area contributed by atoms with Gasteiger partial charge in [0.25, 0.3) is 0 Å². The molecule has 2 aromatic carbocycles. The number of nitrogens with one attached hydrogen (secondary N) is 1. The first-order valence-corrected chi connectivity index (χ1v) is 9.37. The number of rotatable bonds is 8. The number of carbonyl (C=O) groups excluding carboxylic acids is 3.